The first-order valence-electron chi connectivity index (χ1n) is 5.38. The van der Waals surface area contributed by atoms with E-state index in [1.807, 2.05) is 25.1 Å². The molecule has 4 heteroatoms. The Bertz CT molecular complexity index is 535. The quantitative estimate of drug-likeness (QED) is 0.851. The summed E-state index contributed by atoms with van der Waals surface area (Å²) >= 11 is 9.37. The minimum Gasteiger partial charge on any atom is -0.384 e. The minimum absolute atomic E-state index is 0.345. The fraction of sp³-hybridized carbons (Fsp3) is 0.143. The molecule has 0 saturated heterocycles. The van der Waals surface area contributed by atoms with Gasteiger partial charge in [0, 0.05) is 15.1 Å². The van der Waals surface area contributed by atoms with Crippen molar-refractivity contribution in [1.82, 2.24) is 0 Å². The zero-order chi connectivity index (χ0) is 13.3. The second-order valence-corrected chi connectivity index (χ2v) is 5.35. The Labute approximate surface area is 118 Å². The van der Waals surface area contributed by atoms with E-state index in [1.54, 1.807) is 0 Å². The van der Waals surface area contributed by atoms with Gasteiger partial charge in [0.15, 0.2) is 0 Å². The molecule has 0 bridgehead atoms. The van der Waals surface area contributed by atoms with Crippen molar-refractivity contribution in [1.29, 1.82) is 0 Å². The lowest BCUT2D eigenvalue weighted by Crippen LogP contribution is -2.02. The molecule has 0 heterocycles. The largest absolute Gasteiger partial charge is 0.384 e. The van der Waals surface area contributed by atoms with Gasteiger partial charge < -0.3 is 5.11 Å². The minimum atomic E-state index is -0.956. The fourth-order valence-corrected chi connectivity index (χ4v) is 2.45. The Morgan fingerprint density at radius 3 is 2.61 bits per heavy atom. The summed E-state index contributed by atoms with van der Waals surface area (Å²) in [5.41, 5.74) is 2.05. The maximum atomic E-state index is 13.2. The summed E-state index contributed by atoms with van der Waals surface area (Å²) in [5.74, 6) is -0.419. The van der Waals surface area contributed by atoms with E-state index in [4.69, 9.17) is 11.6 Å². The van der Waals surface area contributed by atoms with Crippen LogP contribution in [0.2, 0.25) is 5.02 Å². The molecular weight excluding hydrogens is 319 g/mol. The monoisotopic (exact) mass is 328 g/mol. The van der Waals surface area contributed by atoms with Crippen LogP contribution < -0.4 is 0 Å². The predicted molar refractivity (Wildman–Crippen MR) is 74.4 cm³/mol. The number of benzene rings is 2. The summed E-state index contributed by atoms with van der Waals surface area (Å²) < 4.78 is 14.0. The highest BCUT2D eigenvalue weighted by molar-refractivity contribution is 9.10. The smallest absolute Gasteiger partial charge is 0.123 e. The Kier molecular flexibility index (Phi) is 4.05. The molecule has 0 amide bonds. The molecule has 0 aromatic heterocycles. The average molecular weight is 330 g/mol. The molecule has 94 valence electrons. The molecule has 1 unspecified atom stereocenters. The fourth-order valence-electron chi connectivity index (χ4n) is 1.76. The molecule has 18 heavy (non-hydrogen) atoms. The number of hydrogen-bond acceptors (Lipinski definition) is 1. The Morgan fingerprint density at radius 2 is 1.89 bits per heavy atom. The maximum Gasteiger partial charge on any atom is 0.123 e. The molecule has 0 saturated carbocycles. The maximum absolute atomic E-state index is 13.2. The molecule has 0 fully saturated rings. The van der Waals surface area contributed by atoms with Crippen LogP contribution in [0.4, 0.5) is 4.39 Å². The van der Waals surface area contributed by atoms with E-state index in [9.17, 15) is 9.50 Å². The van der Waals surface area contributed by atoms with E-state index < -0.39 is 11.9 Å². The molecule has 2 aromatic rings. The number of hydrogen-bond donors (Lipinski definition) is 1. The topological polar surface area (TPSA) is 20.2 Å². The number of aliphatic hydroxyl groups excluding tert-OH is 1. The molecule has 0 aliphatic heterocycles. The molecule has 1 atom stereocenters. The van der Waals surface area contributed by atoms with Crippen LogP contribution >= 0.6 is 27.5 Å². The third kappa shape index (κ3) is 2.74. The molecule has 0 aliphatic carbocycles. The predicted octanol–water partition coefficient (Wildman–Crippen LogP) is 4.63. The van der Waals surface area contributed by atoms with Crippen LogP contribution in [0.5, 0.6) is 0 Å². The Hall–Kier alpha value is -0.900. The van der Waals surface area contributed by atoms with E-state index in [0.29, 0.717) is 16.1 Å². The van der Waals surface area contributed by atoms with Crippen LogP contribution in [0.3, 0.4) is 0 Å². The zero-order valence-electron chi connectivity index (χ0n) is 9.62. The highest BCUT2D eigenvalue weighted by Gasteiger charge is 2.17. The van der Waals surface area contributed by atoms with Gasteiger partial charge in [-0.2, -0.15) is 0 Å². The van der Waals surface area contributed by atoms with Crippen LogP contribution in [0.1, 0.15) is 22.8 Å². The van der Waals surface area contributed by atoms with Gasteiger partial charge in [-0.3, -0.25) is 0 Å². The first-order valence-corrected chi connectivity index (χ1v) is 6.55. The van der Waals surface area contributed by atoms with Crippen molar-refractivity contribution in [2.45, 2.75) is 13.0 Å². The summed E-state index contributed by atoms with van der Waals surface area (Å²) in [6, 6.07) is 9.58. The summed E-state index contributed by atoms with van der Waals surface area (Å²) in [6.07, 6.45) is -0.956. The number of halogens is 3. The van der Waals surface area contributed by atoms with Crippen molar-refractivity contribution in [2.24, 2.45) is 0 Å². The zero-order valence-corrected chi connectivity index (χ0v) is 12.0. The molecule has 0 aliphatic rings. The Balaban J connectivity index is 2.50. The van der Waals surface area contributed by atoms with E-state index in [1.165, 1.54) is 18.2 Å². The lowest BCUT2D eigenvalue weighted by atomic mass is 10.00. The highest BCUT2D eigenvalue weighted by Crippen LogP contribution is 2.33. The third-order valence-corrected chi connectivity index (χ3v) is 3.77. The molecule has 2 aromatic carbocycles. The van der Waals surface area contributed by atoms with Gasteiger partial charge in [0.2, 0.25) is 0 Å². The molecule has 0 spiro atoms. The lowest BCUT2D eigenvalue weighted by Gasteiger charge is -2.15. The van der Waals surface area contributed by atoms with Crippen LogP contribution in [0, 0.1) is 12.7 Å². The van der Waals surface area contributed by atoms with Crippen LogP contribution in [0.15, 0.2) is 40.9 Å². The van der Waals surface area contributed by atoms with Crippen molar-refractivity contribution >= 4 is 27.5 Å². The normalized spacial score (nSPS) is 12.5. The Morgan fingerprint density at radius 1 is 1.17 bits per heavy atom. The van der Waals surface area contributed by atoms with Gasteiger partial charge in [-0.1, -0.05) is 45.2 Å². The molecule has 0 radical (unpaired) electrons. The van der Waals surface area contributed by atoms with Crippen LogP contribution in [0.25, 0.3) is 0 Å². The van der Waals surface area contributed by atoms with Gasteiger partial charge in [0.25, 0.3) is 0 Å². The van der Waals surface area contributed by atoms with Crippen molar-refractivity contribution < 1.29 is 9.50 Å². The number of aliphatic hydroxyl groups is 1. The number of rotatable bonds is 2. The van der Waals surface area contributed by atoms with Gasteiger partial charge in [-0.25, -0.2) is 4.39 Å². The van der Waals surface area contributed by atoms with E-state index >= 15 is 0 Å². The summed E-state index contributed by atoms with van der Waals surface area (Å²) in [7, 11) is 0. The number of aryl methyl sites for hydroxylation is 1. The molecular formula is C14H11BrClFO. The second-order valence-electron chi connectivity index (χ2n) is 4.09. The van der Waals surface area contributed by atoms with Gasteiger partial charge in [0.1, 0.15) is 11.9 Å². The van der Waals surface area contributed by atoms with E-state index in [-0.39, 0.29) is 0 Å². The van der Waals surface area contributed by atoms with Gasteiger partial charge >= 0.3 is 0 Å². The lowest BCUT2D eigenvalue weighted by molar-refractivity contribution is 0.219. The van der Waals surface area contributed by atoms with E-state index in [0.717, 1.165) is 10.0 Å². The van der Waals surface area contributed by atoms with Crippen molar-refractivity contribution in [3.8, 4) is 0 Å². The second kappa shape index (κ2) is 5.39. The first kappa shape index (κ1) is 13.5. The van der Waals surface area contributed by atoms with Gasteiger partial charge in [0.05, 0.1) is 0 Å². The van der Waals surface area contributed by atoms with Gasteiger partial charge in [-0.05, 0) is 36.8 Å². The highest BCUT2D eigenvalue weighted by atomic mass is 79.9. The summed E-state index contributed by atoms with van der Waals surface area (Å²) in [4.78, 5) is 0. The van der Waals surface area contributed by atoms with Gasteiger partial charge in [-0.15, -0.1) is 0 Å². The molecule has 2 rings (SSSR count). The van der Waals surface area contributed by atoms with Crippen LogP contribution in [-0.2, 0) is 0 Å². The van der Waals surface area contributed by atoms with Crippen molar-refractivity contribution in [3.05, 3.63) is 68.4 Å². The molecule has 1 nitrogen and oxygen atoms in total. The molecule has 1 N–H and O–H groups in total. The van der Waals surface area contributed by atoms with E-state index in [2.05, 4.69) is 15.9 Å². The third-order valence-electron chi connectivity index (χ3n) is 2.70. The average Bonchev–Trinajstić information content (AvgIpc) is 2.34. The first-order chi connectivity index (χ1) is 8.49. The van der Waals surface area contributed by atoms with Crippen LogP contribution in [-0.4, -0.2) is 5.11 Å². The summed E-state index contributed by atoms with van der Waals surface area (Å²) in [6.45, 7) is 1.93. The summed E-state index contributed by atoms with van der Waals surface area (Å²) in [5, 5.41) is 10.7. The van der Waals surface area contributed by atoms with Crippen molar-refractivity contribution in [2.75, 3.05) is 0 Å². The van der Waals surface area contributed by atoms with Crippen molar-refractivity contribution in [3.63, 3.8) is 0 Å². The standard InChI is InChI=1S/C14H11BrClFO/c1-8-2-4-12(15)10(6-8)14(18)11-7-9(17)3-5-13(11)16/h2-7,14,18H,1H3. The SMILES string of the molecule is Cc1ccc(Br)c(C(O)c2cc(F)ccc2Cl)c1.